The molecular formula is C13H20FNO2S. The molecule has 1 aromatic carbocycles. The highest BCUT2D eigenvalue weighted by atomic mass is 32.2. The molecule has 0 radical (unpaired) electrons. The fourth-order valence-corrected chi connectivity index (χ4v) is 2.49. The second kappa shape index (κ2) is 5.36. The summed E-state index contributed by atoms with van der Waals surface area (Å²) < 4.78 is 39.7. The minimum Gasteiger partial charge on any atom is -0.211 e. The summed E-state index contributed by atoms with van der Waals surface area (Å²) in [5.41, 5.74) is -0.00223. The maximum Gasteiger partial charge on any atom is 0.243 e. The number of hydrogen-bond donors (Lipinski definition) is 1. The van der Waals surface area contributed by atoms with E-state index in [1.807, 2.05) is 27.7 Å². The quantitative estimate of drug-likeness (QED) is 0.917. The summed E-state index contributed by atoms with van der Waals surface area (Å²) in [4.78, 5) is -0.300. The van der Waals surface area contributed by atoms with Gasteiger partial charge in [-0.25, -0.2) is 17.5 Å². The molecule has 0 fully saturated rings. The van der Waals surface area contributed by atoms with Gasteiger partial charge in [-0.15, -0.1) is 0 Å². The largest absolute Gasteiger partial charge is 0.243 e. The molecule has 0 aliphatic rings. The van der Waals surface area contributed by atoms with E-state index in [0.29, 0.717) is 6.54 Å². The van der Waals surface area contributed by atoms with Crippen LogP contribution in [0.25, 0.3) is 0 Å². The zero-order valence-corrected chi connectivity index (χ0v) is 12.0. The van der Waals surface area contributed by atoms with Crippen molar-refractivity contribution in [1.29, 1.82) is 0 Å². The van der Waals surface area contributed by atoms with Gasteiger partial charge in [0.1, 0.15) is 10.7 Å². The van der Waals surface area contributed by atoms with Crippen molar-refractivity contribution in [2.24, 2.45) is 11.3 Å². The molecule has 0 saturated heterocycles. The predicted octanol–water partition coefficient (Wildman–Crippen LogP) is 2.79. The molecule has 1 N–H and O–H groups in total. The highest BCUT2D eigenvalue weighted by Crippen LogP contribution is 2.25. The van der Waals surface area contributed by atoms with Crippen LogP contribution in [-0.2, 0) is 10.0 Å². The average Bonchev–Trinajstić information content (AvgIpc) is 2.25. The zero-order valence-electron chi connectivity index (χ0n) is 11.2. The SMILES string of the molecule is CC(CNS(=O)(=O)c1ccccc1F)C(C)(C)C. The Morgan fingerprint density at radius 3 is 2.33 bits per heavy atom. The van der Waals surface area contributed by atoms with Crippen LogP contribution in [-0.4, -0.2) is 15.0 Å². The van der Waals surface area contributed by atoms with Gasteiger partial charge in [-0.05, 0) is 23.5 Å². The smallest absolute Gasteiger partial charge is 0.211 e. The number of rotatable bonds is 4. The summed E-state index contributed by atoms with van der Waals surface area (Å²) in [6.07, 6.45) is 0. The molecule has 0 aromatic heterocycles. The normalized spacial score (nSPS) is 14.5. The Morgan fingerprint density at radius 1 is 1.28 bits per heavy atom. The lowest BCUT2D eigenvalue weighted by atomic mass is 9.82. The Balaban J connectivity index is 2.82. The summed E-state index contributed by atoms with van der Waals surface area (Å²) in [7, 11) is -3.77. The highest BCUT2D eigenvalue weighted by Gasteiger charge is 2.24. The van der Waals surface area contributed by atoms with Gasteiger partial charge in [-0.2, -0.15) is 0 Å². The van der Waals surface area contributed by atoms with Crippen LogP contribution in [0.3, 0.4) is 0 Å². The van der Waals surface area contributed by atoms with Crippen LogP contribution in [0.2, 0.25) is 0 Å². The first kappa shape index (κ1) is 15.1. The van der Waals surface area contributed by atoms with Crippen molar-refractivity contribution in [2.75, 3.05) is 6.54 Å². The van der Waals surface area contributed by atoms with Crippen molar-refractivity contribution in [2.45, 2.75) is 32.6 Å². The molecule has 0 saturated carbocycles. The van der Waals surface area contributed by atoms with Gasteiger partial charge in [-0.3, -0.25) is 0 Å². The highest BCUT2D eigenvalue weighted by molar-refractivity contribution is 7.89. The van der Waals surface area contributed by atoms with Crippen molar-refractivity contribution >= 4 is 10.0 Å². The van der Waals surface area contributed by atoms with Crippen molar-refractivity contribution in [3.8, 4) is 0 Å². The molecular weight excluding hydrogens is 253 g/mol. The lowest BCUT2D eigenvalue weighted by Crippen LogP contribution is -2.34. The Kier molecular flexibility index (Phi) is 4.50. The van der Waals surface area contributed by atoms with Crippen LogP contribution in [0.1, 0.15) is 27.7 Å². The molecule has 3 nitrogen and oxygen atoms in total. The van der Waals surface area contributed by atoms with Crippen molar-refractivity contribution in [3.63, 3.8) is 0 Å². The zero-order chi connectivity index (χ0) is 14.0. The van der Waals surface area contributed by atoms with Gasteiger partial charge in [0.25, 0.3) is 0 Å². The summed E-state index contributed by atoms with van der Waals surface area (Å²) in [6.45, 7) is 8.36. The number of hydrogen-bond acceptors (Lipinski definition) is 2. The molecule has 1 unspecified atom stereocenters. The van der Waals surface area contributed by atoms with Gasteiger partial charge in [0, 0.05) is 6.54 Å². The molecule has 0 amide bonds. The van der Waals surface area contributed by atoms with Crippen LogP contribution in [0.4, 0.5) is 4.39 Å². The Hall–Kier alpha value is -0.940. The van der Waals surface area contributed by atoms with Gasteiger partial charge >= 0.3 is 0 Å². The number of nitrogens with one attached hydrogen (secondary N) is 1. The maximum absolute atomic E-state index is 13.4. The van der Waals surface area contributed by atoms with Gasteiger partial charge in [0.2, 0.25) is 10.0 Å². The van der Waals surface area contributed by atoms with Gasteiger partial charge in [0.15, 0.2) is 0 Å². The monoisotopic (exact) mass is 273 g/mol. The Labute approximate surface area is 108 Å². The molecule has 1 aromatic rings. The van der Waals surface area contributed by atoms with E-state index in [2.05, 4.69) is 4.72 Å². The second-order valence-electron chi connectivity index (χ2n) is 5.55. The van der Waals surface area contributed by atoms with Crippen molar-refractivity contribution < 1.29 is 12.8 Å². The van der Waals surface area contributed by atoms with E-state index >= 15 is 0 Å². The van der Waals surface area contributed by atoms with E-state index in [1.165, 1.54) is 18.2 Å². The van der Waals surface area contributed by atoms with E-state index in [-0.39, 0.29) is 16.2 Å². The first-order valence-corrected chi connectivity index (χ1v) is 7.37. The van der Waals surface area contributed by atoms with Crippen LogP contribution < -0.4 is 4.72 Å². The lowest BCUT2D eigenvalue weighted by Gasteiger charge is -2.27. The van der Waals surface area contributed by atoms with Gasteiger partial charge in [0.05, 0.1) is 0 Å². The first-order chi connectivity index (χ1) is 8.14. The predicted molar refractivity (Wildman–Crippen MR) is 70.2 cm³/mol. The number of sulfonamides is 1. The molecule has 0 aliphatic heterocycles. The molecule has 1 rings (SSSR count). The molecule has 18 heavy (non-hydrogen) atoms. The van der Waals surface area contributed by atoms with Gasteiger partial charge in [-0.1, -0.05) is 39.8 Å². The van der Waals surface area contributed by atoms with E-state index in [9.17, 15) is 12.8 Å². The van der Waals surface area contributed by atoms with Crippen LogP contribution in [0.15, 0.2) is 29.2 Å². The third kappa shape index (κ3) is 3.78. The molecule has 0 aliphatic carbocycles. The van der Waals surface area contributed by atoms with Crippen molar-refractivity contribution in [1.82, 2.24) is 4.72 Å². The molecule has 5 heteroatoms. The molecule has 102 valence electrons. The van der Waals surface area contributed by atoms with E-state index in [4.69, 9.17) is 0 Å². The van der Waals surface area contributed by atoms with E-state index in [0.717, 1.165) is 6.07 Å². The summed E-state index contributed by atoms with van der Waals surface area (Å²) >= 11 is 0. The minimum absolute atomic E-state index is 0.00223. The van der Waals surface area contributed by atoms with E-state index < -0.39 is 15.8 Å². The fraction of sp³-hybridized carbons (Fsp3) is 0.538. The van der Waals surface area contributed by atoms with Gasteiger partial charge < -0.3 is 0 Å². The van der Waals surface area contributed by atoms with Crippen molar-refractivity contribution in [3.05, 3.63) is 30.1 Å². The first-order valence-electron chi connectivity index (χ1n) is 5.89. The lowest BCUT2D eigenvalue weighted by molar-refractivity contribution is 0.263. The molecule has 1 atom stereocenters. The fourth-order valence-electron chi connectivity index (χ4n) is 1.28. The summed E-state index contributed by atoms with van der Waals surface area (Å²) in [5, 5.41) is 0. The number of benzene rings is 1. The van der Waals surface area contributed by atoms with Crippen LogP contribution in [0, 0.1) is 17.2 Å². The third-order valence-corrected chi connectivity index (χ3v) is 4.64. The van der Waals surface area contributed by atoms with E-state index in [1.54, 1.807) is 0 Å². The van der Waals surface area contributed by atoms with Crippen LogP contribution >= 0.6 is 0 Å². The average molecular weight is 273 g/mol. The third-order valence-electron chi connectivity index (χ3n) is 3.18. The topological polar surface area (TPSA) is 46.2 Å². The molecule has 0 spiro atoms. The minimum atomic E-state index is -3.77. The van der Waals surface area contributed by atoms with Crippen LogP contribution in [0.5, 0.6) is 0 Å². The second-order valence-corrected chi connectivity index (χ2v) is 7.28. The molecule has 0 bridgehead atoms. The standard InChI is InChI=1S/C13H20FNO2S/c1-10(13(2,3)4)9-15-18(16,17)12-8-6-5-7-11(12)14/h5-8,10,15H,9H2,1-4H3. The summed E-state index contributed by atoms with van der Waals surface area (Å²) in [6, 6.07) is 5.37. The Morgan fingerprint density at radius 2 is 1.83 bits per heavy atom. The number of halogens is 1. The Bertz CT molecular complexity index is 506. The molecule has 0 heterocycles. The maximum atomic E-state index is 13.4. The summed E-state index contributed by atoms with van der Waals surface area (Å²) in [5.74, 6) is -0.576.